The van der Waals surface area contributed by atoms with Crippen LogP contribution in [-0.4, -0.2) is 171 Å². The molecule has 2 aromatic carbocycles. The van der Waals surface area contributed by atoms with Gasteiger partial charge in [0, 0.05) is 25.9 Å². The Balaban J connectivity index is 1.86. The highest BCUT2D eigenvalue weighted by Gasteiger charge is 2.42. The Bertz CT molecular complexity index is 2500. The number of carbonyl (C=O) groups excluding carboxylic acids is 11. The molecule has 28 nitrogen and oxygen atoms in total. The van der Waals surface area contributed by atoms with Crippen LogP contribution in [0, 0.1) is 5.92 Å². The Morgan fingerprint density at radius 3 is 1.77 bits per heavy atom. The zero-order valence-corrected chi connectivity index (χ0v) is 45.3. The van der Waals surface area contributed by atoms with Gasteiger partial charge in [-0.3, -0.25) is 52.9 Å². The molecule has 1 aliphatic rings. The van der Waals surface area contributed by atoms with E-state index in [1.165, 1.54) is 31.2 Å². The third-order valence-corrected chi connectivity index (χ3v) is 13.2. The number of aromatic hydroxyl groups is 1. The lowest BCUT2D eigenvalue weighted by atomic mass is 9.96. The van der Waals surface area contributed by atoms with Crippen LogP contribution in [0.25, 0.3) is 0 Å². The molecule has 20 N–H and O–H groups in total. The average molecular weight is 1120 g/mol. The largest absolute Gasteiger partial charge is 0.508 e. The maximum atomic E-state index is 14.4. The van der Waals surface area contributed by atoms with Crippen LogP contribution in [0.4, 0.5) is 0 Å². The van der Waals surface area contributed by atoms with Gasteiger partial charge in [0.1, 0.15) is 54.3 Å². The number of rotatable bonds is 33. The Morgan fingerprint density at radius 2 is 1.21 bits per heavy atom. The van der Waals surface area contributed by atoms with Crippen LogP contribution >= 0.6 is 0 Å². The SMILES string of the molecule is CC[C@H](C)[C@H](NC(=O)[C@@H]1CCCN1C(=O)[C@H](CC(N)=O)NC(=O)[C@H](Cc1ccc(O)cc1)NC(=O)[C@@H](N)CCC(N)=O)C(=O)N[C@@H](CCCN=C(N)N)C(=O)N[C@H](C(=O)N[C@H](C(=O)N[C@H](C=O)Cc1ccccc1)[C@@H](C)O)[C@@H](C)O. The number of hydrogen-bond acceptors (Lipinski definition) is 16. The number of nitrogens with two attached hydrogens (primary N) is 5. The van der Waals surface area contributed by atoms with Gasteiger partial charge in [-0.2, -0.15) is 0 Å². The number of benzene rings is 2. The Morgan fingerprint density at radius 1 is 0.662 bits per heavy atom. The lowest BCUT2D eigenvalue weighted by Gasteiger charge is -2.32. The Kier molecular flexibility index (Phi) is 26.9. The number of aliphatic hydroxyl groups excluding tert-OH is 2. The molecule has 0 radical (unpaired) electrons. The molecule has 0 unspecified atom stereocenters. The summed E-state index contributed by atoms with van der Waals surface area (Å²) in [5.41, 5.74) is 28.9. The lowest BCUT2D eigenvalue weighted by Crippen LogP contribution is -2.63. The number of aliphatic hydroxyl groups is 2. The summed E-state index contributed by atoms with van der Waals surface area (Å²) < 4.78 is 0. The van der Waals surface area contributed by atoms with Crippen molar-refractivity contribution in [1.82, 2.24) is 42.1 Å². The van der Waals surface area contributed by atoms with Crippen LogP contribution in [-0.2, 0) is 65.6 Å². The van der Waals surface area contributed by atoms with Crippen molar-refractivity contribution in [3.05, 3.63) is 65.7 Å². The summed E-state index contributed by atoms with van der Waals surface area (Å²) in [7, 11) is 0. The number of aldehydes is 1. The van der Waals surface area contributed by atoms with E-state index in [2.05, 4.69) is 42.2 Å². The second kappa shape index (κ2) is 32.6. The van der Waals surface area contributed by atoms with Crippen molar-refractivity contribution in [1.29, 1.82) is 0 Å². The standard InChI is InChI=1S/C52H78N14O14/c1-5-27(2)41(48(77)60-35(13-9-21-58-52(56)57)45(74)64-43(29(4)69)50(79)65-42(28(3)68)49(78)59-32(26-67)23-30-11-7-6-8-12-30)63-47(76)38-14-10-22-66(38)51(80)37(25-40(55)72)62-46(75)36(24-31-15-17-33(70)18-16-31)61-44(73)34(53)19-20-39(54)71/h6-8,11-12,15-18,26-29,32,34-38,41-43,68-70H,5,9-10,13-14,19-25,53H2,1-4H3,(H2,54,71)(H2,55,72)(H,59,78)(H,60,77)(H,61,73)(H,62,75)(H,63,76)(H,64,74)(H,65,79)(H4,56,57,58)/t27-,28+,29+,32-,34-,35-,36-,37-,38-,41-,42-,43-/m0/s1. The number of aliphatic imine (C=N–C) groups is 1. The summed E-state index contributed by atoms with van der Waals surface area (Å²) in [6.45, 7) is 5.65. The molecule has 2 aromatic rings. The zero-order chi connectivity index (χ0) is 59.8. The molecule has 0 saturated carbocycles. The first-order chi connectivity index (χ1) is 37.8. The molecule has 80 heavy (non-hydrogen) atoms. The third kappa shape index (κ3) is 21.5. The fourth-order valence-electron chi connectivity index (χ4n) is 8.53. The molecule has 0 aromatic heterocycles. The van der Waals surface area contributed by atoms with E-state index in [1.54, 1.807) is 44.2 Å². The molecule has 1 aliphatic heterocycles. The van der Waals surface area contributed by atoms with Gasteiger partial charge in [-0.1, -0.05) is 62.7 Å². The minimum Gasteiger partial charge on any atom is -0.508 e. The fourth-order valence-corrected chi connectivity index (χ4v) is 8.53. The first-order valence-electron chi connectivity index (χ1n) is 26.2. The molecule has 0 bridgehead atoms. The van der Waals surface area contributed by atoms with E-state index < -0.39 is 138 Å². The van der Waals surface area contributed by atoms with Crippen LogP contribution in [0.5, 0.6) is 5.75 Å². The van der Waals surface area contributed by atoms with Gasteiger partial charge in [0.25, 0.3) is 0 Å². The van der Waals surface area contributed by atoms with E-state index in [1.807, 2.05) is 0 Å². The van der Waals surface area contributed by atoms with Gasteiger partial charge < -0.3 is 90.9 Å². The molecule has 1 heterocycles. The van der Waals surface area contributed by atoms with Gasteiger partial charge in [0.15, 0.2) is 5.96 Å². The number of primary amides is 2. The van der Waals surface area contributed by atoms with Gasteiger partial charge in [-0.15, -0.1) is 0 Å². The highest BCUT2D eigenvalue weighted by atomic mass is 16.3. The zero-order valence-electron chi connectivity index (χ0n) is 45.3. The maximum absolute atomic E-state index is 14.4. The van der Waals surface area contributed by atoms with Gasteiger partial charge in [-0.05, 0) is 81.5 Å². The van der Waals surface area contributed by atoms with Crippen molar-refractivity contribution in [2.45, 2.75) is 158 Å². The molecule has 3 rings (SSSR count). The monoisotopic (exact) mass is 1120 g/mol. The van der Waals surface area contributed by atoms with Gasteiger partial charge in [0.05, 0.1) is 30.7 Å². The van der Waals surface area contributed by atoms with E-state index in [9.17, 15) is 68.1 Å². The predicted molar refractivity (Wildman–Crippen MR) is 289 cm³/mol. The molecule has 12 atom stereocenters. The summed E-state index contributed by atoms with van der Waals surface area (Å²) in [4.78, 5) is 152. The second-order valence-electron chi connectivity index (χ2n) is 19.7. The van der Waals surface area contributed by atoms with Crippen LogP contribution in [0.2, 0.25) is 0 Å². The quantitative estimate of drug-likeness (QED) is 0.0138. The number of amides is 10. The van der Waals surface area contributed by atoms with Gasteiger partial charge >= 0.3 is 0 Å². The van der Waals surface area contributed by atoms with Crippen molar-refractivity contribution in [2.75, 3.05) is 13.1 Å². The highest BCUT2D eigenvalue weighted by Crippen LogP contribution is 2.21. The molecule has 0 spiro atoms. The van der Waals surface area contributed by atoms with E-state index in [0.29, 0.717) is 23.8 Å². The molecule has 28 heteroatoms. The van der Waals surface area contributed by atoms with Crippen molar-refractivity contribution in [2.24, 2.45) is 39.6 Å². The molecular weight excluding hydrogens is 1040 g/mol. The van der Waals surface area contributed by atoms with Crippen molar-refractivity contribution >= 4 is 71.3 Å². The number of hydrogen-bond donors (Lipinski definition) is 15. The summed E-state index contributed by atoms with van der Waals surface area (Å²) in [5.74, 6) is -10.2. The number of phenolic OH excluding ortho intramolecular Hbond substituents is 1. The van der Waals surface area contributed by atoms with Gasteiger partial charge in [-0.25, -0.2) is 0 Å². The Labute approximate surface area is 462 Å². The summed E-state index contributed by atoms with van der Waals surface area (Å²) in [5, 5.41) is 48.6. The number of likely N-dealkylation sites (tertiary alicyclic amines) is 1. The first-order valence-corrected chi connectivity index (χ1v) is 26.2. The van der Waals surface area contributed by atoms with Crippen molar-refractivity contribution in [3.63, 3.8) is 0 Å². The number of nitrogens with zero attached hydrogens (tertiary/aromatic N) is 2. The summed E-state index contributed by atoms with van der Waals surface area (Å²) >= 11 is 0. The molecule has 440 valence electrons. The van der Waals surface area contributed by atoms with E-state index in [0.717, 1.165) is 11.8 Å². The van der Waals surface area contributed by atoms with Crippen LogP contribution in [0.15, 0.2) is 59.6 Å². The molecule has 1 fully saturated rings. The lowest BCUT2D eigenvalue weighted by molar-refractivity contribution is -0.143. The summed E-state index contributed by atoms with van der Waals surface area (Å²) in [6.07, 6.45) is -3.41. The highest BCUT2D eigenvalue weighted by molar-refractivity contribution is 5.99. The number of carbonyl (C=O) groups is 11. The van der Waals surface area contributed by atoms with Crippen molar-refractivity contribution in [3.8, 4) is 5.75 Å². The van der Waals surface area contributed by atoms with Crippen molar-refractivity contribution < 1.29 is 68.1 Å². The van der Waals surface area contributed by atoms with Crippen LogP contribution in [0.1, 0.15) is 90.2 Å². The topological polar surface area (TPSA) is 478 Å². The fraction of sp³-hybridized carbons (Fsp3) is 0.538. The van der Waals surface area contributed by atoms with E-state index in [4.69, 9.17) is 28.7 Å². The van der Waals surface area contributed by atoms with E-state index >= 15 is 0 Å². The summed E-state index contributed by atoms with van der Waals surface area (Å²) in [6, 6.07) is 1.29. The molecule has 1 saturated heterocycles. The first kappa shape index (κ1) is 66.0. The Hall–Kier alpha value is -8.24. The average Bonchev–Trinajstić information content (AvgIpc) is 3.90. The minimum absolute atomic E-state index is 0.0198. The number of guanidine groups is 1. The molecular formula is C52H78N14O14. The number of nitrogens with one attached hydrogen (secondary N) is 7. The predicted octanol–water partition coefficient (Wildman–Crippen LogP) is -4.91. The smallest absolute Gasteiger partial charge is 0.246 e. The molecule has 0 aliphatic carbocycles. The second-order valence-corrected chi connectivity index (χ2v) is 19.7. The van der Waals surface area contributed by atoms with Crippen LogP contribution < -0.4 is 65.9 Å². The van der Waals surface area contributed by atoms with Crippen LogP contribution in [0.3, 0.4) is 0 Å². The van der Waals surface area contributed by atoms with E-state index in [-0.39, 0.29) is 76.2 Å². The normalized spacial score (nSPS) is 17.1. The van der Waals surface area contributed by atoms with Gasteiger partial charge in [0.2, 0.25) is 59.1 Å². The minimum atomic E-state index is -1.79. The maximum Gasteiger partial charge on any atom is 0.246 e. The molecule has 10 amide bonds. The third-order valence-electron chi connectivity index (χ3n) is 13.2. The number of phenols is 1.